The van der Waals surface area contributed by atoms with Crippen LogP contribution in [0.25, 0.3) is 39.5 Å². The van der Waals surface area contributed by atoms with Crippen molar-refractivity contribution in [3.8, 4) is 28.3 Å². The SMILES string of the molecule is Nc1ncccc1-c1nc2ccc(-c3cccc(CCNC(=O)CNc4cccc5c4C(=O)N(C4CCC(=O)NC4=O)C5=O)c3)nc2n1-c1ccc(C2(N)CCC2)cc1. The quantitative estimate of drug-likeness (QED) is 0.117. The maximum Gasteiger partial charge on any atom is 0.264 e. The van der Waals surface area contributed by atoms with Crippen LogP contribution in [0.1, 0.15) is 63.9 Å². The van der Waals surface area contributed by atoms with E-state index in [9.17, 15) is 24.0 Å². The van der Waals surface area contributed by atoms with E-state index in [-0.39, 0.29) is 42.0 Å². The highest BCUT2D eigenvalue weighted by Crippen LogP contribution is 2.40. The van der Waals surface area contributed by atoms with Gasteiger partial charge in [0.05, 0.1) is 28.9 Å². The van der Waals surface area contributed by atoms with Crippen molar-refractivity contribution in [1.29, 1.82) is 0 Å². The standard InChI is InChI=1S/C44H40N10O5/c45-38-30(8-3-21-48-38)39-51-33-15-14-31(50-40(33)53(39)28-12-10-27(11-13-28)44(46)19-4-20-44)26-6-1-5-25(23-26)18-22-47-36(56)24-49-32-9-2-7-29-37(32)43(59)54(42(29)58)34-16-17-35(55)52-41(34)57/h1-3,5-15,21,23,34,49H,4,16-20,22,24,46H2,(H2,45,48)(H,47,56)(H,52,55,57). The van der Waals surface area contributed by atoms with Crippen LogP contribution in [0, 0.1) is 0 Å². The van der Waals surface area contributed by atoms with Gasteiger partial charge in [-0.25, -0.2) is 15.0 Å². The zero-order valence-corrected chi connectivity index (χ0v) is 31.9. The van der Waals surface area contributed by atoms with Crippen LogP contribution < -0.4 is 27.4 Å². The summed E-state index contributed by atoms with van der Waals surface area (Å²) in [5.74, 6) is -1.73. The van der Waals surface area contributed by atoms with Gasteiger partial charge in [0.1, 0.15) is 17.4 Å². The number of imidazole rings is 1. The first kappa shape index (κ1) is 37.3. The molecule has 5 amide bonds. The van der Waals surface area contributed by atoms with E-state index in [0.717, 1.165) is 52.2 Å². The van der Waals surface area contributed by atoms with Crippen LogP contribution in [-0.2, 0) is 26.3 Å². The lowest BCUT2D eigenvalue weighted by molar-refractivity contribution is -0.136. The van der Waals surface area contributed by atoms with Gasteiger partial charge in [0, 0.05) is 41.6 Å². The van der Waals surface area contributed by atoms with Gasteiger partial charge in [-0.1, -0.05) is 36.4 Å². The van der Waals surface area contributed by atoms with Gasteiger partial charge < -0.3 is 22.1 Å². The van der Waals surface area contributed by atoms with Crippen LogP contribution in [0.2, 0.25) is 0 Å². The number of anilines is 2. The number of nitrogen functional groups attached to an aromatic ring is 1. The second-order valence-electron chi connectivity index (χ2n) is 15.1. The Balaban J connectivity index is 0.889. The first-order valence-corrected chi connectivity index (χ1v) is 19.5. The van der Waals surface area contributed by atoms with Crippen molar-refractivity contribution < 1.29 is 24.0 Å². The lowest BCUT2D eigenvalue weighted by atomic mass is 9.73. The van der Waals surface area contributed by atoms with Crippen LogP contribution in [0.3, 0.4) is 0 Å². The van der Waals surface area contributed by atoms with Gasteiger partial charge in [-0.05, 0) is 97.8 Å². The second-order valence-corrected chi connectivity index (χ2v) is 15.1. The summed E-state index contributed by atoms with van der Waals surface area (Å²) in [6.07, 6.45) is 5.31. The van der Waals surface area contributed by atoms with E-state index in [2.05, 4.69) is 33.1 Å². The summed E-state index contributed by atoms with van der Waals surface area (Å²) in [4.78, 5) is 79.0. The molecule has 7 N–H and O–H groups in total. The minimum Gasteiger partial charge on any atom is -0.383 e. The van der Waals surface area contributed by atoms with Gasteiger partial charge in [0.15, 0.2) is 11.5 Å². The lowest BCUT2D eigenvalue weighted by Gasteiger charge is -2.38. The molecule has 15 nitrogen and oxygen atoms in total. The Morgan fingerprint density at radius 1 is 0.898 bits per heavy atom. The number of hydrogen-bond donors (Lipinski definition) is 5. The van der Waals surface area contributed by atoms with E-state index in [1.807, 2.05) is 65.2 Å². The Labute approximate surface area is 338 Å². The summed E-state index contributed by atoms with van der Waals surface area (Å²) in [6, 6.07) is 27.4. The number of imide groups is 2. The fourth-order valence-corrected chi connectivity index (χ4v) is 8.07. The summed E-state index contributed by atoms with van der Waals surface area (Å²) >= 11 is 0. The highest BCUT2D eigenvalue weighted by atomic mass is 16.2. The summed E-state index contributed by atoms with van der Waals surface area (Å²) in [5.41, 5.74) is 19.9. The largest absolute Gasteiger partial charge is 0.383 e. The molecule has 15 heteroatoms. The number of aromatic nitrogens is 4. The van der Waals surface area contributed by atoms with Crippen LogP contribution in [0.4, 0.5) is 11.5 Å². The highest BCUT2D eigenvalue weighted by molar-refractivity contribution is 6.25. The number of nitrogens with two attached hydrogens (primary N) is 2. The topological polar surface area (TPSA) is 220 Å². The van der Waals surface area contributed by atoms with Crippen molar-refractivity contribution in [2.45, 2.75) is 50.1 Å². The first-order chi connectivity index (χ1) is 28.6. The Morgan fingerprint density at radius 2 is 1.69 bits per heavy atom. The van der Waals surface area contributed by atoms with Crippen molar-refractivity contribution in [3.63, 3.8) is 0 Å². The van der Waals surface area contributed by atoms with Gasteiger partial charge >= 0.3 is 0 Å². The molecule has 1 atom stereocenters. The van der Waals surface area contributed by atoms with Gasteiger partial charge in [-0.3, -0.25) is 38.8 Å². The minimum atomic E-state index is -1.08. The number of amides is 5. The fourth-order valence-electron chi connectivity index (χ4n) is 8.07. The normalized spacial score (nSPS) is 17.1. The van der Waals surface area contributed by atoms with Crippen LogP contribution in [0.15, 0.2) is 97.2 Å². The molecule has 2 fully saturated rings. The van der Waals surface area contributed by atoms with Crippen molar-refractivity contribution in [2.24, 2.45) is 5.73 Å². The number of pyridine rings is 2. The number of carbonyl (C=O) groups excluding carboxylic acids is 5. The minimum absolute atomic E-state index is 0.0228. The highest BCUT2D eigenvalue weighted by Gasteiger charge is 2.45. The summed E-state index contributed by atoms with van der Waals surface area (Å²) < 4.78 is 2.00. The molecule has 3 aromatic heterocycles. The second kappa shape index (κ2) is 14.9. The molecular weight excluding hydrogens is 749 g/mol. The number of benzene rings is 3. The van der Waals surface area contributed by atoms with E-state index < -0.39 is 29.7 Å². The molecule has 0 bridgehead atoms. The molecule has 1 aliphatic carbocycles. The molecule has 1 unspecified atom stereocenters. The number of nitrogens with one attached hydrogen (secondary N) is 3. The third kappa shape index (κ3) is 6.84. The Bertz CT molecular complexity index is 2700. The number of piperidine rings is 1. The van der Waals surface area contributed by atoms with Crippen molar-refractivity contribution in [3.05, 3.63) is 119 Å². The molecule has 6 aromatic rings. The third-order valence-electron chi connectivity index (χ3n) is 11.4. The molecule has 5 heterocycles. The average molecular weight is 789 g/mol. The Hall–Kier alpha value is -7.26. The average Bonchev–Trinajstić information content (AvgIpc) is 3.73. The van der Waals surface area contributed by atoms with E-state index in [1.54, 1.807) is 18.3 Å². The number of rotatable bonds is 11. The summed E-state index contributed by atoms with van der Waals surface area (Å²) in [7, 11) is 0. The molecule has 0 spiro atoms. The molecule has 0 radical (unpaired) electrons. The van der Waals surface area contributed by atoms with Crippen molar-refractivity contribution in [2.75, 3.05) is 24.1 Å². The fraction of sp³-hybridized carbons (Fsp3) is 0.227. The monoisotopic (exact) mass is 788 g/mol. The number of fused-ring (bicyclic) bond motifs is 2. The summed E-state index contributed by atoms with van der Waals surface area (Å²) in [6.45, 7) is 0.184. The molecule has 1 saturated heterocycles. The van der Waals surface area contributed by atoms with E-state index in [1.165, 1.54) is 6.07 Å². The van der Waals surface area contributed by atoms with E-state index in [0.29, 0.717) is 47.0 Å². The molecule has 3 aromatic carbocycles. The number of carbonyl (C=O) groups is 5. The maximum absolute atomic E-state index is 13.4. The zero-order valence-electron chi connectivity index (χ0n) is 31.9. The molecule has 296 valence electrons. The van der Waals surface area contributed by atoms with Crippen LogP contribution >= 0.6 is 0 Å². The Morgan fingerprint density at radius 3 is 2.46 bits per heavy atom. The van der Waals surface area contributed by atoms with Gasteiger partial charge in [-0.15, -0.1) is 0 Å². The summed E-state index contributed by atoms with van der Waals surface area (Å²) in [5, 5.41) is 8.09. The van der Waals surface area contributed by atoms with Crippen LogP contribution in [-0.4, -0.2) is 73.1 Å². The number of hydrogen-bond acceptors (Lipinski definition) is 11. The third-order valence-corrected chi connectivity index (χ3v) is 11.4. The van der Waals surface area contributed by atoms with Gasteiger partial charge in [0.2, 0.25) is 17.7 Å². The van der Waals surface area contributed by atoms with Crippen molar-refractivity contribution in [1.82, 2.24) is 35.1 Å². The predicted molar refractivity (Wildman–Crippen MR) is 220 cm³/mol. The van der Waals surface area contributed by atoms with Gasteiger partial charge in [0.25, 0.3) is 11.8 Å². The maximum atomic E-state index is 13.4. The van der Waals surface area contributed by atoms with Crippen molar-refractivity contribution >= 4 is 52.2 Å². The van der Waals surface area contributed by atoms with E-state index in [4.69, 9.17) is 21.4 Å². The zero-order chi connectivity index (χ0) is 40.8. The Kier molecular flexibility index (Phi) is 9.44. The molecule has 59 heavy (non-hydrogen) atoms. The molecule has 2 aliphatic heterocycles. The first-order valence-electron chi connectivity index (χ1n) is 19.5. The molecule has 9 rings (SSSR count). The smallest absolute Gasteiger partial charge is 0.264 e. The number of nitrogens with zero attached hydrogens (tertiary/aromatic N) is 5. The van der Waals surface area contributed by atoms with Gasteiger partial charge in [-0.2, -0.15) is 0 Å². The molecule has 1 saturated carbocycles. The molecule has 3 aliphatic rings. The molecular formula is C44H40N10O5. The lowest BCUT2D eigenvalue weighted by Crippen LogP contribution is -2.54. The van der Waals surface area contributed by atoms with E-state index >= 15 is 0 Å². The van der Waals surface area contributed by atoms with Crippen LogP contribution in [0.5, 0.6) is 0 Å². The predicted octanol–water partition coefficient (Wildman–Crippen LogP) is 4.24.